The highest BCUT2D eigenvalue weighted by Crippen LogP contribution is 2.50. The Morgan fingerprint density at radius 3 is 2.76 bits per heavy atom. The summed E-state index contributed by atoms with van der Waals surface area (Å²) >= 11 is 0. The monoisotopic (exact) mass is 447 g/mol. The minimum atomic E-state index is -0.538. The second-order valence-corrected chi connectivity index (χ2v) is 9.65. The van der Waals surface area contributed by atoms with Crippen LogP contribution in [0.1, 0.15) is 49.0 Å². The first-order valence-corrected chi connectivity index (χ1v) is 11.6. The maximum atomic E-state index is 14.4. The van der Waals surface area contributed by atoms with Crippen LogP contribution in [-0.4, -0.2) is 49.9 Å². The summed E-state index contributed by atoms with van der Waals surface area (Å²) in [5.41, 5.74) is 2.11. The molecule has 172 valence electrons. The Morgan fingerprint density at radius 2 is 2.03 bits per heavy atom. The predicted octanol–water partition coefficient (Wildman–Crippen LogP) is 4.02. The molecule has 3 aromatic rings. The molecule has 0 N–H and O–H groups in total. The molecule has 2 aliphatic heterocycles. The fraction of sp³-hybridized carbons (Fsp3) is 0.423. The number of halogens is 1. The molecule has 2 aliphatic rings. The highest BCUT2D eigenvalue weighted by Gasteiger charge is 2.57. The summed E-state index contributed by atoms with van der Waals surface area (Å²) in [5.74, 6) is -0.0443. The van der Waals surface area contributed by atoms with Crippen molar-refractivity contribution in [1.29, 1.82) is 0 Å². The summed E-state index contributed by atoms with van der Waals surface area (Å²) in [6.45, 7) is 7.31. The summed E-state index contributed by atoms with van der Waals surface area (Å²) in [5, 5.41) is 0. The van der Waals surface area contributed by atoms with Gasteiger partial charge in [0.15, 0.2) is 0 Å². The van der Waals surface area contributed by atoms with Gasteiger partial charge in [0.05, 0.1) is 17.4 Å². The largest absolute Gasteiger partial charge is 0.338 e. The molecule has 6 nitrogen and oxygen atoms in total. The Morgan fingerprint density at radius 1 is 1.18 bits per heavy atom. The van der Waals surface area contributed by atoms with Crippen LogP contribution in [0.5, 0.6) is 0 Å². The van der Waals surface area contributed by atoms with Crippen LogP contribution >= 0.6 is 0 Å². The van der Waals surface area contributed by atoms with Crippen LogP contribution in [0.4, 0.5) is 4.39 Å². The van der Waals surface area contributed by atoms with Crippen molar-refractivity contribution in [3.8, 4) is 0 Å². The minimum absolute atomic E-state index is 0.0179. The summed E-state index contributed by atoms with van der Waals surface area (Å²) in [7, 11) is 0. The van der Waals surface area contributed by atoms with E-state index in [0.717, 1.165) is 17.7 Å². The maximum absolute atomic E-state index is 14.4. The van der Waals surface area contributed by atoms with Crippen molar-refractivity contribution in [2.45, 2.75) is 45.3 Å². The lowest BCUT2D eigenvalue weighted by atomic mass is 9.75. The SMILES string of the molecule is CC(C)n1cnc([C@H]2CN(Cc3ccccc3F)C[C@]23CCN(Cc2cccnc2)C3=O)c1. The number of hydrogen-bond acceptors (Lipinski definition) is 4. The molecule has 33 heavy (non-hydrogen) atoms. The molecule has 1 aromatic carbocycles. The van der Waals surface area contributed by atoms with Gasteiger partial charge in [-0.25, -0.2) is 9.37 Å². The molecule has 7 heteroatoms. The Balaban J connectivity index is 1.44. The van der Waals surface area contributed by atoms with Crippen molar-refractivity contribution in [3.63, 3.8) is 0 Å². The lowest BCUT2D eigenvalue weighted by molar-refractivity contribution is -0.136. The number of aromatic nitrogens is 3. The van der Waals surface area contributed by atoms with E-state index < -0.39 is 5.41 Å². The smallest absolute Gasteiger partial charge is 0.231 e. The second kappa shape index (κ2) is 8.71. The third-order valence-corrected chi connectivity index (χ3v) is 7.18. The van der Waals surface area contributed by atoms with Gasteiger partial charge in [-0.05, 0) is 38.0 Å². The summed E-state index contributed by atoms with van der Waals surface area (Å²) < 4.78 is 16.5. The molecule has 0 saturated carbocycles. The van der Waals surface area contributed by atoms with Crippen molar-refractivity contribution < 1.29 is 9.18 Å². The average molecular weight is 448 g/mol. The van der Waals surface area contributed by atoms with E-state index in [4.69, 9.17) is 4.98 Å². The Hall–Kier alpha value is -3.06. The van der Waals surface area contributed by atoms with Crippen LogP contribution in [0.25, 0.3) is 0 Å². The molecule has 2 aromatic heterocycles. The normalized spacial score (nSPS) is 23.3. The number of carbonyl (C=O) groups is 1. The number of pyridine rings is 1. The van der Waals surface area contributed by atoms with Gasteiger partial charge < -0.3 is 9.47 Å². The molecule has 0 unspecified atom stereocenters. The van der Waals surface area contributed by atoms with Gasteiger partial charge in [-0.2, -0.15) is 0 Å². The summed E-state index contributed by atoms with van der Waals surface area (Å²) in [6.07, 6.45) is 8.29. The standard InChI is InChI=1S/C26H30FN5O/c1-19(2)32-16-24(29-18-32)22-15-30(14-21-7-3-4-8-23(21)27)17-26(22)9-11-31(25(26)33)13-20-6-5-10-28-12-20/h3-8,10,12,16,18-19,22H,9,11,13-15,17H2,1-2H3/t22-,26-/m1/s1. The van der Waals surface area contributed by atoms with Crippen molar-refractivity contribution >= 4 is 5.91 Å². The lowest BCUT2D eigenvalue weighted by Gasteiger charge is -2.28. The molecule has 5 rings (SSSR count). The second-order valence-electron chi connectivity index (χ2n) is 9.65. The molecule has 0 aliphatic carbocycles. The maximum Gasteiger partial charge on any atom is 0.231 e. The zero-order chi connectivity index (χ0) is 23.0. The summed E-state index contributed by atoms with van der Waals surface area (Å²) in [4.78, 5) is 27.0. The zero-order valence-corrected chi connectivity index (χ0v) is 19.2. The minimum Gasteiger partial charge on any atom is -0.338 e. The van der Waals surface area contributed by atoms with E-state index in [1.54, 1.807) is 12.3 Å². The summed E-state index contributed by atoms with van der Waals surface area (Å²) in [6, 6.07) is 11.1. The van der Waals surface area contributed by atoms with Crippen LogP contribution in [0, 0.1) is 11.2 Å². The van der Waals surface area contributed by atoms with Crippen LogP contribution in [-0.2, 0) is 17.9 Å². The molecule has 2 saturated heterocycles. The molecule has 0 radical (unpaired) electrons. The van der Waals surface area contributed by atoms with Crippen molar-refractivity contribution in [2.24, 2.45) is 5.41 Å². The number of nitrogens with zero attached hydrogens (tertiary/aromatic N) is 5. The highest BCUT2D eigenvalue weighted by molar-refractivity contribution is 5.86. The van der Waals surface area contributed by atoms with E-state index >= 15 is 0 Å². The highest BCUT2D eigenvalue weighted by atomic mass is 19.1. The van der Waals surface area contributed by atoms with Gasteiger partial charge in [0.25, 0.3) is 0 Å². The van der Waals surface area contributed by atoms with Gasteiger partial charge >= 0.3 is 0 Å². The number of amides is 1. The molecule has 4 heterocycles. The van der Waals surface area contributed by atoms with E-state index in [1.165, 1.54) is 6.07 Å². The van der Waals surface area contributed by atoms with Crippen LogP contribution in [0.3, 0.4) is 0 Å². The number of hydrogen-bond donors (Lipinski definition) is 0. The predicted molar refractivity (Wildman–Crippen MR) is 124 cm³/mol. The molecule has 2 atom stereocenters. The molecule has 2 fully saturated rings. The van der Waals surface area contributed by atoms with Gasteiger partial charge in [-0.1, -0.05) is 24.3 Å². The average Bonchev–Trinajstić information content (AvgIpc) is 3.51. The van der Waals surface area contributed by atoms with Gasteiger partial charge in [0.2, 0.25) is 5.91 Å². The van der Waals surface area contributed by atoms with E-state index in [9.17, 15) is 9.18 Å². The quantitative estimate of drug-likeness (QED) is 0.573. The van der Waals surface area contributed by atoms with Crippen LogP contribution in [0.15, 0.2) is 61.3 Å². The molecule has 1 spiro atoms. The van der Waals surface area contributed by atoms with Gasteiger partial charge in [0.1, 0.15) is 5.82 Å². The molecular formula is C26H30FN5O. The fourth-order valence-electron chi connectivity index (χ4n) is 5.38. The Kier molecular flexibility index (Phi) is 5.74. The number of rotatable bonds is 6. The van der Waals surface area contributed by atoms with Gasteiger partial charge in [0, 0.05) is 68.8 Å². The Labute approximate surface area is 194 Å². The fourth-order valence-corrected chi connectivity index (χ4v) is 5.38. The van der Waals surface area contributed by atoms with Crippen molar-refractivity contribution in [1.82, 2.24) is 24.3 Å². The number of likely N-dealkylation sites (tertiary alicyclic amines) is 2. The van der Waals surface area contributed by atoms with Crippen molar-refractivity contribution in [2.75, 3.05) is 19.6 Å². The topological polar surface area (TPSA) is 54.3 Å². The molecular weight excluding hydrogens is 417 g/mol. The Bertz CT molecular complexity index is 1130. The van der Waals surface area contributed by atoms with Gasteiger partial charge in [-0.3, -0.25) is 14.7 Å². The first-order valence-electron chi connectivity index (χ1n) is 11.6. The first kappa shape index (κ1) is 21.8. The third-order valence-electron chi connectivity index (χ3n) is 7.18. The van der Waals surface area contributed by atoms with Crippen LogP contribution < -0.4 is 0 Å². The first-order chi connectivity index (χ1) is 16.0. The van der Waals surface area contributed by atoms with Crippen LogP contribution in [0.2, 0.25) is 0 Å². The van der Waals surface area contributed by atoms with E-state index in [0.29, 0.717) is 44.3 Å². The zero-order valence-electron chi connectivity index (χ0n) is 19.2. The van der Waals surface area contributed by atoms with E-state index in [1.807, 2.05) is 41.7 Å². The third kappa shape index (κ3) is 4.06. The molecule has 1 amide bonds. The number of benzene rings is 1. The van der Waals surface area contributed by atoms with E-state index in [2.05, 4.69) is 34.5 Å². The van der Waals surface area contributed by atoms with E-state index in [-0.39, 0.29) is 17.6 Å². The van der Waals surface area contributed by atoms with Gasteiger partial charge in [-0.15, -0.1) is 0 Å². The number of carbonyl (C=O) groups excluding carboxylic acids is 1. The van der Waals surface area contributed by atoms with Crippen molar-refractivity contribution in [3.05, 3.63) is 84.0 Å². The molecule has 0 bridgehead atoms. The lowest BCUT2D eigenvalue weighted by Crippen LogP contribution is -2.39. The number of imidazole rings is 1.